The molecule has 0 radical (unpaired) electrons. The first-order valence-corrected chi connectivity index (χ1v) is 8.04. The minimum atomic E-state index is -0.333. The van der Waals surface area contributed by atoms with E-state index in [9.17, 15) is 14.4 Å². The first-order chi connectivity index (χ1) is 12.0. The Labute approximate surface area is 150 Å². The molecule has 130 valence electrons. The Morgan fingerprint density at radius 3 is 2.48 bits per heavy atom. The summed E-state index contributed by atoms with van der Waals surface area (Å²) in [5.41, 5.74) is 1.33. The van der Waals surface area contributed by atoms with E-state index in [-0.39, 0.29) is 30.7 Å². The average molecular weight is 360 g/mol. The molecule has 0 heterocycles. The fraction of sp³-hybridized carbons (Fsp3) is 0.167. The van der Waals surface area contributed by atoms with Crippen molar-refractivity contribution in [2.75, 3.05) is 18.9 Å². The van der Waals surface area contributed by atoms with E-state index in [4.69, 9.17) is 11.6 Å². The Hall–Kier alpha value is -2.86. The molecule has 0 saturated heterocycles. The summed E-state index contributed by atoms with van der Waals surface area (Å²) in [6, 6.07) is 13.3. The second-order valence-electron chi connectivity index (χ2n) is 5.19. The molecule has 0 atom stereocenters. The zero-order valence-electron chi connectivity index (χ0n) is 13.6. The number of benzene rings is 2. The van der Waals surface area contributed by atoms with Crippen LogP contribution in [0.1, 0.15) is 27.1 Å². The zero-order valence-corrected chi connectivity index (χ0v) is 14.4. The SMILES string of the molecule is CNC(=O)c1cccc(NC(=O)CCNC(=O)c2ccccc2Cl)c1. The first kappa shape index (κ1) is 18.5. The van der Waals surface area contributed by atoms with Crippen LogP contribution in [0.5, 0.6) is 0 Å². The van der Waals surface area contributed by atoms with Crippen LogP contribution in [-0.4, -0.2) is 31.3 Å². The molecule has 0 saturated carbocycles. The Morgan fingerprint density at radius 2 is 1.76 bits per heavy atom. The minimum absolute atomic E-state index is 0.0976. The third-order valence-corrected chi connectivity index (χ3v) is 3.72. The number of hydrogen-bond donors (Lipinski definition) is 3. The molecule has 2 aromatic rings. The molecule has 0 aliphatic heterocycles. The highest BCUT2D eigenvalue weighted by Crippen LogP contribution is 2.14. The molecular formula is C18H18ClN3O3. The van der Waals surface area contributed by atoms with E-state index in [0.717, 1.165) is 0 Å². The molecule has 0 bridgehead atoms. The van der Waals surface area contributed by atoms with E-state index in [1.54, 1.807) is 48.5 Å². The molecule has 0 fully saturated rings. The number of carbonyl (C=O) groups excluding carboxylic acids is 3. The molecule has 0 aliphatic rings. The summed E-state index contributed by atoms with van der Waals surface area (Å²) < 4.78 is 0. The summed E-state index contributed by atoms with van der Waals surface area (Å²) in [6.45, 7) is 0.172. The third kappa shape index (κ3) is 5.32. The van der Waals surface area contributed by atoms with Crippen LogP contribution in [-0.2, 0) is 4.79 Å². The predicted molar refractivity (Wildman–Crippen MR) is 96.9 cm³/mol. The van der Waals surface area contributed by atoms with Gasteiger partial charge in [-0.3, -0.25) is 14.4 Å². The van der Waals surface area contributed by atoms with Gasteiger partial charge in [-0.05, 0) is 30.3 Å². The molecule has 7 heteroatoms. The first-order valence-electron chi connectivity index (χ1n) is 7.66. The molecule has 0 aromatic heterocycles. The molecule has 3 amide bonds. The van der Waals surface area contributed by atoms with Crippen LogP contribution in [0.15, 0.2) is 48.5 Å². The van der Waals surface area contributed by atoms with Gasteiger partial charge >= 0.3 is 0 Å². The average Bonchev–Trinajstić information content (AvgIpc) is 2.61. The van der Waals surface area contributed by atoms with Crippen molar-refractivity contribution in [2.24, 2.45) is 0 Å². The number of hydrogen-bond acceptors (Lipinski definition) is 3. The fourth-order valence-corrected chi connectivity index (χ4v) is 2.36. The van der Waals surface area contributed by atoms with E-state index in [2.05, 4.69) is 16.0 Å². The van der Waals surface area contributed by atoms with Gasteiger partial charge in [0.25, 0.3) is 11.8 Å². The third-order valence-electron chi connectivity index (χ3n) is 3.39. The van der Waals surface area contributed by atoms with Gasteiger partial charge in [0.2, 0.25) is 5.91 Å². The lowest BCUT2D eigenvalue weighted by Gasteiger charge is -2.08. The van der Waals surface area contributed by atoms with Gasteiger partial charge in [-0.2, -0.15) is 0 Å². The van der Waals surface area contributed by atoms with Gasteiger partial charge in [0.05, 0.1) is 10.6 Å². The lowest BCUT2D eigenvalue weighted by molar-refractivity contribution is -0.116. The van der Waals surface area contributed by atoms with Crippen LogP contribution in [0.25, 0.3) is 0 Å². The van der Waals surface area contributed by atoms with Crippen LogP contribution in [0, 0.1) is 0 Å². The van der Waals surface area contributed by atoms with Gasteiger partial charge in [-0.15, -0.1) is 0 Å². The Kier molecular flexibility index (Phi) is 6.54. The van der Waals surface area contributed by atoms with E-state index < -0.39 is 0 Å². The van der Waals surface area contributed by atoms with Crippen molar-refractivity contribution in [1.29, 1.82) is 0 Å². The molecule has 6 nitrogen and oxygen atoms in total. The van der Waals surface area contributed by atoms with Crippen molar-refractivity contribution in [3.8, 4) is 0 Å². The topological polar surface area (TPSA) is 87.3 Å². The number of anilines is 1. The standard InChI is InChI=1S/C18H18ClN3O3/c1-20-17(24)12-5-4-6-13(11-12)22-16(23)9-10-21-18(25)14-7-2-3-8-15(14)19/h2-8,11H,9-10H2,1H3,(H,20,24)(H,21,25)(H,22,23). The quantitative estimate of drug-likeness (QED) is 0.740. The molecule has 2 aromatic carbocycles. The van der Waals surface area contributed by atoms with Crippen LogP contribution in [0.3, 0.4) is 0 Å². The van der Waals surface area contributed by atoms with Gasteiger partial charge < -0.3 is 16.0 Å². The predicted octanol–water partition coefficient (Wildman–Crippen LogP) is 2.46. The summed E-state index contributed by atoms with van der Waals surface area (Å²) in [5, 5.41) is 8.21. The Balaban J connectivity index is 1.84. The van der Waals surface area contributed by atoms with Crippen molar-refractivity contribution in [3.63, 3.8) is 0 Å². The summed E-state index contributed by atoms with van der Waals surface area (Å²) >= 11 is 5.95. The fourth-order valence-electron chi connectivity index (χ4n) is 2.14. The highest BCUT2D eigenvalue weighted by molar-refractivity contribution is 6.33. The smallest absolute Gasteiger partial charge is 0.252 e. The molecule has 0 aliphatic carbocycles. The maximum absolute atomic E-state index is 12.0. The monoisotopic (exact) mass is 359 g/mol. The van der Waals surface area contributed by atoms with Crippen LogP contribution < -0.4 is 16.0 Å². The molecule has 3 N–H and O–H groups in total. The molecule has 25 heavy (non-hydrogen) atoms. The molecule has 0 unspecified atom stereocenters. The second-order valence-corrected chi connectivity index (χ2v) is 5.60. The minimum Gasteiger partial charge on any atom is -0.355 e. The summed E-state index contributed by atoms with van der Waals surface area (Å²) in [4.78, 5) is 35.5. The van der Waals surface area contributed by atoms with Gasteiger partial charge in [-0.25, -0.2) is 0 Å². The van der Waals surface area contributed by atoms with Gasteiger partial charge in [0, 0.05) is 31.3 Å². The van der Waals surface area contributed by atoms with Gasteiger partial charge in [0.15, 0.2) is 0 Å². The zero-order chi connectivity index (χ0) is 18.2. The largest absolute Gasteiger partial charge is 0.355 e. The van der Waals surface area contributed by atoms with E-state index in [1.165, 1.54) is 7.05 Å². The van der Waals surface area contributed by atoms with Crippen LogP contribution in [0.4, 0.5) is 5.69 Å². The van der Waals surface area contributed by atoms with Crippen molar-refractivity contribution in [1.82, 2.24) is 10.6 Å². The van der Waals surface area contributed by atoms with Crippen molar-refractivity contribution >= 4 is 35.0 Å². The number of rotatable bonds is 6. The Bertz CT molecular complexity index is 793. The van der Waals surface area contributed by atoms with Gasteiger partial charge in [0.1, 0.15) is 0 Å². The number of halogens is 1. The highest BCUT2D eigenvalue weighted by Gasteiger charge is 2.10. The van der Waals surface area contributed by atoms with Crippen LogP contribution in [0.2, 0.25) is 5.02 Å². The molecule has 0 spiro atoms. The summed E-state index contributed by atoms with van der Waals surface area (Å²) in [6.07, 6.45) is 0.0976. The second kappa shape index (κ2) is 8.84. The lowest BCUT2D eigenvalue weighted by atomic mass is 10.2. The number of carbonyl (C=O) groups is 3. The lowest BCUT2D eigenvalue weighted by Crippen LogP contribution is -2.28. The van der Waals surface area contributed by atoms with E-state index in [0.29, 0.717) is 21.8 Å². The number of nitrogens with one attached hydrogen (secondary N) is 3. The number of amides is 3. The summed E-state index contributed by atoms with van der Waals surface area (Å²) in [7, 11) is 1.54. The normalized spacial score (nSPS) is 10.0. The van der Waals surface area contributed by atoms with Crippen molar-refractivity contribution in [3.05, 3.63) is 64.7 Å². The maximum Gasteiger partial charge on any atom is 0.252 e. The summed E-state index contributed by atoms with van der Waals surface area (Å²) in [5.74, 6) is -0.836. The van der Waals surface area contributed by atoms with Crippen molar-refractivity contribution in [2.45, 2.75) is 6.42 Å². The highest BCUT2D eigenvalue weighted by atomic mass is 35.5. The molecular weight excluding hydrogens is 342 g/mol. The van der Waals surface area contributed by atoms with Gasteiger partial charge in [-0.1, -0.05) is 29.8 Å². The maximum atomic E-state index is 12.0. The molecule has 2 rings (SSSR count). The van der Waals surface area contributed by atoms with Crippen molar-refractivity contribution < 1.29 is 14.4 Å². The van der Waals surface area contributed by atoms with Crippen LogP contribution >= 0.6 is 11.6 Å². The van der Waals surface area contributed by atoms with E-state index >= 15 is 0 Å². The Morgan fingerprint density at radius 1 is 1.00 bits per heavy atom. The van der Waals surface area contributed by atoms with E-state index in [1.807, 2.05) is 0 Å².